The lowest BCUT2D eigenvalue weighted by Gasteiger charge is -2.31. The Balaban J connectivity index is 2.09. The molecule has 4 heteroatoms. The smallest absolute Gasteiger partial charge is 0.0907 e. The number of fused-ring (bicyclic) bond motifs is 1. The van der Waals surface area contributed by atoms with Crippen molar-refractivity contribution in [1.82, 2.24) is 9.97 Å². The minimum absolute atomic E-state index is 0.200. The Labute approximate surface area is 134 Å². The molecule has 0 saturated carbocycles. The molecule has 0 spiro atoms. The average Bonchev–Trinajstić information content (AvgIpc) is 2.52. The van der Waals surface area contributed by atoms with Crippen LogP contribution in [0.15, 0.2) is 60.9 Å². The summed E-state index contributed by atoms with van der Waals surface area (Å²) in [6, 6.07) is 16.5. The van der Waals surface area contributed by atoms with Gasteiger partial charge in [-0.05, 0) is 30.3 Å². The van der Waals surface area contributed by atoms with E-state index in [1.165, 1.54) is 11.9 Å². The third-order valence-corrected chi connectivity index (χ3v) is 4.68. The van der Waals surface area contributed by atoms with E-state index in [4.69, 9.17) is 1.37 Å². The van der Waals surface area contributed by atoms with Crippen molar-refractivity contribution in [3.63, 3.8) is 0 Å². The molecular weight excluding hydrogens is 286 g/mol. The van der Waals surface area contributed by atoms with Gasteiger partial charge in [0.2, 0.25) is 0 Å². The Hall–Kier alpha value is -2.20. The van der Waals surface area contributed by atoms with E-state index >= 15 is 0 Å². The first kappa shape index (κ1) is 13.5. The summed E-state index contributed by atoms with van der Waals surface area (Å²) < 4.78 is 7.68. The third kappa shape index (κ3) is 3.34. The fourth-order valence-corrected chi connectivity index (χ4v) is 3.80. The van der Waals surface area contributed by atoms with Crippen molar-refractivity contribution in [3.05, 3.63) is 60.9 Å². The van der Waals surface area contributed by atoms with Crippen molar-refractivity contribution in [3.8, 4) is 0 Å². The van der Waals surface area contributed by atoms with Crippen LogP contribution in [-0.4, -0.2) is 24.2 Å². The van der Waals surface area contributed by atoms with E-state index in [2.05, 4.69) is 64.8 Å². The minimum Gasteiger partial charge on any atom is -0.344 e. The predicted molar refractivity (Wildman–Crippen MR) is 96.3 cm³/mol. The van der Waals surface area contributed by atoms with Crippen LogP contribution in [-0.2, 0) is 0 Å². The van der Waals surface area contributed by atoms with Crippen LogP contribution in [0.1, 0.15) is 1.37 Å². The monoisotopic (exact) mass is 308 g/mol. The standard InChI is InChI=1S/C18H21N3Si/c1-22(2,3)14-21(15-7-5-4-6-8-15)16-9-10-17-18(13-16)20-12-11-19-17/h4-13H,14H2,1-3H3/i12D. The van der Waals surface area contributed by atoms with Gasteiger partial charge >= 0.3 is 0 Å². The van der Waals surface area contributed by atoms with Gasteiger partial charge < -0.3 is 4.90 Å². The van der Waals surface area contributed by atoms with Gasteiger partial charge in [-0.15, -0.1) is 0 Å². The highest BCUT2D eigenvalue weighted by molar-refractivity contribution is 6.76. The van der Waals surface area contributed by atoms with Crippen LogP contribution in [0.25, 0.3) is 11.0 Å². The van der Waals surface area contributed by atoms with Crippen LogP contribution in [0.4, 0.5) is 11.4 Å². The maximum atomic E-state index is 7.68. The lowest BCUT2D eigenvalue weighted by atomic mass is 10.2. The fraction of sp³-hybridized carbons (Fsp3) is 0.222. The van der Waals surface area contributed by atoms with Crippen LogP contribution in [0.5, 0.6) is 0 Å². The van der Waals surface area contributed by atoms with Crippen LogP contribution in [0.3, 0.4) is 0 Å². The van der Waals surface area contributed by atoms with Crippen molar-refractivity contribution < 1.29 is 1.37 Å². The summed E-state index contributed by atoms with van der Waals surface area (Å²) in [5, 5.41) is 0. The van der Waals surface area contributed by atoms with Gasteiger partial charge in [0.05, 0.1) is 20.5 Å². The van der Waals surface area contributed by atoms with E-state index in [1.54, 1.807) is 0 Å². The van der Waals surface area contributed by atoms with Crippen molar-refractivity contribution in [2.24, 2.45) is 0 Å². The van der Waals surface area contributed by atoms with Crippen molar-refractivity contribution in [2.75, 3.05) is 11.1 Å². The number of hydrogen-bond donors (Lipinski definition) is 0. The van der Waals surface area contributed by atoms with Gasteiger partial charge in [0.15, 0.2) is 0 Å². The van der Waals surface area contributed by atoms with Crippen LogP contribution in [0.2, 0.25) is 19.6 Å². The molecule has 22 heavy (non-hydrogen) atoms. The quantitative estimate of drug-likeness (QED) is 0.657. The van der Waals surface area contributed by atoms with E-state index in [1.807, 2.05) is 18.2 Å². The molecule has 3 nitrogen and oxygen atoms in total. The van der Waals surface area contributed by atoms with Crippen LogP contribution < -0.4 is 4.90 Å². The topological polar surface area (TPSA) is 29.0 Å². The Kier molecular flexibility index (Phi) is 3.60. The molecule has 0 aliphatic rings. The first-order valence-electron chi connectivity index (χ1n) is 7.98. The molecule has 2 aromatic carbocycles. The van der Waals surface area contributed by atoms with Crippen molar-refractivity contribution in [2.45, 2.75) is 19.6 Å². The second kappa shape index (κ2) is 5.89. The average molecular weight is 308 g/mol. The predicted octanol–water partition coefficient (Wildman–Crippen LogP) is 4.65. The normalized spacial score (nSPS) is 12.2. The zero-order valence-corrected chi connectivity index (χ0v) is 14.2. The molecule has 0 aliphatic carbocycles. The Morgan fingerprint density at radius 1 is 0.955 bits per heavy atom. The highest BCUT2D eigenvalue weighted by Gasteiger charge is 2.20. The Morgan fingerprint density at radius 2 is 1.73 bits per heavy atom. The molecule has 0 aliphatic heterocycles. The van der Waals surface area contributed by atoms with Crippen LogP contribution >= 0.6 is 0 Å². The molecule has 1 aromatic heterocycles. The number of aromatic nitrogens is 2. The summed E-state index contributed by atoms with van der Waals surface area (Å²) in [7, 11) is -1.31. The van der Waals surface area contributed by atoms with E-state index in [0.717, 1.165) is 22.9 Å². The first-order chi connectivity index (χ1) is 10.9. The van der Waals surface area contributed by atoms with E-state index < -0.39 is 8.07 Å². The van der Waals surface area contributed by atoms with Gasteiger partial charge in [-0.2, -0.15) is 0 Å². The van der Waals surface area contributed by atoms with Crippen molar-refractivity contribution >= 4 is 30.5 Å². The lowest BCUT2D eigenvalue weighted by Crippen LogP contribution is -2.37. The molecule has 0 bridgehead atoms. The number of para-hydroxylation sites is 1. The maximum absolute atomic E-state index is 7.68. The SMILES string of the molecule is [2H]c1cnc2ccc(N(C[Si](C)(C)C)c3ccccc3)cc2n1. The van der Waals surface area contributed by atoms with Gasteiger partial charge in [-0.3, -0.25) is 9.97 Å². The summed E-state index contributed by atoms with van der Waals surface area (Å²) in [6.07, 6.45) is 2.71. The van der Waals surface area contributed by atoms with Gasteiger partial charge in [0.1, 0.15) is 0 Å². The summed E-state index contributed by atoms with van der Waals surface area (Å²) >= 11 is 0. The van der Waals surface area contributed by atoms with Gasteiger partial charge in [0, 0.05) is 29.9 Å². The third-order valence-electron chi connectivity index (χ3n) is 3.42. The highest BCUT2D eigenvalue weighted by Crippen LogP contribution is 2.28. The first-order valence-corrected chi connectivity index (χ1v) is 11.2. The molecule has 0 unspecified atom stereocenters. The molecule has 3 aromatic rings. The Bertz CT molecular complexity index is 815. The summed E-state index contributed by atoms with van der Waals surface area (Å²) in [5.41, 5.74) is 3.88. The lowest BCUT2D eigenvalue weighted by molar-refractivity contribution is 1.12. The second-order valence-electron chi connectivity index (χ2n) is 6.65. The summed E-state index contributed by atoms with van der Waals surface area (Å²) in [6.45, 7) is 7.10. The summed E-state index contributed by atoms with van der Waals surface area (Å²) in [5.74, 6) is 0. The molecule has 0 radical (unpaired) electrons. The second-order valence-corrected chi connectivity index (χ2v) is 12.1. The molecule has 0 N–H and O–H groups in total. The minimum atomic E-state index is -1.31. The van der Waals surface area contributed by atoms with Crippen LogP contribution in [0, 0.1) is 0 Å². The largest absolute Gasteiger partial charge is 0.344 e. The van der Waals surface area contributed by atoms with Crippen molar-refractivity contribution in [1.29, 1.82) is 0 Å². The molecule has 1 heterocycles. The van der Waals surface area contributed by atoms with E-state index in [9.17, 15) is 0 Å². The molecule has 0 amide bonds. The maximum Gasteiger partial charge on any atom is 0.0907 e. The zero-order valence-electron chi connectivity index (χ0n) is 14.2. The molecule has 0 atom stereocenters. The number of nitrogens with zero attached hydrogens (tertiary/aromatic N) is 3. The molecule has 112 valence electrons. The molecule has 0 fully saturated rings. The van der Waals surface area contributed by atoms with Gasteiger partial charge in [-0.1, -0.05) is 37.8 Å². The number of anilines is 2. The fourth-order valence-electron chi connectivity index (χ4n) is 2.49. The molecule has 3 rings (SSSR count). The van der Waals surface area contributed by atoms with Gasteiger partial charge in [0.25, 0.3) is 0 Å². The summed E-state index contributed by atoms with van der Waals surface area (Å²) in [4.78, 5) is 10.9. The number of rotatable bonds is 4. The van der Waals surface area contributed by atoms with E-state index in [0.29, 0.717) is 0 Å². The van der Waals surface area contributed by atoms with Gasteiger partial charge in [-0.25, -0.2) is 0 Å². The number of benzene rings is 2. The zero-order chi connectivity index (χ0) is 16.4. The van der Waals surface area contributed by atoms with E-state index in [-0.39, 0.29) is 6.17 Å². The Morgan fingerprint density at radius 3 is 2.45 bits per heavy atom. The molecular formula is C18H21N3Si. The number of hydrogen-bond acceptors (Lipinski definition) is 3. The molecule has 0 saturated heterocycles. The highest BCUT2D eigenvalue weighted by atomic mass is 28.3.